The van der Waals surface area contributed by atoms with Gasteiger partial charge < -0.3 is 15.1 Å². The summed E-state index contributed by atoms with van der Waals surface area (Å²) in [6, 6.07) is 0.617. The Morgan fingerprint density at radius 2 is 1.59 bits per heavy atom. The lowest BCUT2D eigenvalue weighted by Gasteiger charge is -2.35. The van der Waals surface area contributed by atoms with Crippen molar-refractivity contribution in [3.63, 3.8) is 0 Å². The second kappa shape index (κ2) is 8.06. The maximum Gasteiger partial charge on any atom is 0.0113 e. The van der Waals surface area contributed by atoms with E-state index in [4.69, 9.17) is 0 Å². The van der Waals surface area contributed by atoms with E-state index in [1.807, 2.05) is 0 Å². The van der Waals surface area contributed by atoms with Crippen molar-refractivity contribution in [2.45, 2.75) is 40.2 Å². The lowest BCUT2D eigenvalue weighted by atomic mass is 9.87. The van der Waals surface area contributed by atoms with E-state index in [0.29, 0.717) is 11.5 Å². The summed E-state index contributed by atoms with van der Waals surface area (Å²) in [4.78, 5) is 4.68. The summed E-state index contributed by atoms with van der Waals surface area (Å²) >= 11 is 0. The highest BCUT2D eigenvalue weighted by Crippen LogP contribution is 2.22. The molecule has 0 amide bonds. The minimum Gasteiger partial charge on any atom is -0.315 e. The Hall–Kier alpha value is -0.120. The Labute approximate surface area is 109 Å². The number of hydrogen-bond donors (Lipinski definition) is 1. The second-order valence-corrected chi connectivity index (χ2v) is 6.43. The van der Waals surface area contributed by atoms with Gasteiger partial charge in [-0.05, 0) is 53.0 Å². The molecule has 0 saturated heterocycles. The molecule has 0 radical (unpaired) electrons. The zero-order valence-electron chi connectivity index (χ0n) is 13.0. The fraction of sp³-hybridized carbons (Fsp3) is 1.00. The molecule has 1 N–H and O–H groups in total. The summed E-state index contributed by atoms with van der Waals surface area (Å²) in [6.45, 7) is 13.7. The second-order valence-electron chi connectivity index (χ2n) is 6.43. The molecular weight excluding hydrogens is 210 g/mol. The number of nitrogens with zero attached hydrogens (tertiary/aromatic N) is 2. The summed E-state index contributed by atoms with van der Waals surface area (Å²) in [5, 5.41) is 3.51. The molecule has 3 heteroatoms. The van der Waals surface area contributed by atoms with E-state index in [9.17, 15) is 0 Å². The van der Waals surface area contributed by atoms with E-state index in [2.05, 4.69) is 64.0 Å². The van der Waals surface area contributed by atoms with Crippen LogP contribution in [0.1, 0.15) is 34.1 Å². The Morgan fingerprint density at radius 1 is 1.00 bits per heavy atom. The molecule has 0 heterocycles. The fourth-order valence-corrected chi connectivity index (χ4v) is 1.76. The van der Waals surface area contributed by atoms with Crippen LogP contribution in [0.5, 0.6) is 0 Å². The van der Waals surface area contributed by atoms with Gasteiger partial charge in [-0.3, -0.25) is 0 Å². The summed E-state index contributed by atoms with van der Waals surface area (Å²) in [7, 11) is 6.47. The quantitative estimate of drug-likeness (QED) is 0.657. The van der Waals surface area contributed by atoms with E-state index in [-0.39, 0.29) is 0 Å². The van der Waals surface area contributed by atoms with Crippen LogP contribution in [0, 0.1) is 5.41 Å². The Morgan fingerprint density at radius 3 is 2.06 bits per heavy atom. The Balaban J connectivity index is 3.55. The third kappa shape index (κ3) is 8.58. The van der Waals surface area contributed by atoms with E-state index in [0.717, 1.165) is 19.6 Å². The number of rotatable bonds is 8. The van der Waals surface area contributed by atoms with Gasteiger partial charge in [-0.1, -0.05) is 20.8 Å². The van der Waals surface area contributed by atoms with Gasteiger partial charge in [-0.25, -0.2) is 0 Å². The molecule has 0 fully saturated rings. The van der Waals surface area contributed by atoms with Crippen molar-refractivity contribution >= 4 is 0 Å². The summed E-state index contributed by atoms with van der Waals surface area (Å²) in [5.74, 6) is 0. The zero-order chi connectivity index (χ0) is 13.5. The maximum absolute atomic E-state index is 3.51. The average Bonchev–Trinajstić information content (AvgIpc) is 2.19. The molecule has 0 aromatic rings. The normalized spacial score (nSPS) is 14.6. The van der Waals surface area contributed by atoms with E-state index >= 15 is 0 Å². The van der Waals surface area contributed by atoms with Crippen molar-refractivity contribution in [1.29, 1.82) is 0 Å². The van der Waals surface area contributed by atoms with Crippen molar-refractivity contribution < 1.29 is 0 Å². The van der Waals surface area contributed by atoms with Crippen LogP contribution in [0.15, 0.2) is 0 Å². The SMILES string of the molecule is CC(N(C)CCNCCCN(C)C)C(C)(C)C. The zero-order valence-corrected chi connectivity index (χ0v) is 13.0. The molecule has 0 aliphatic rings. The van der Waals surface area contributed by atoms with Crippen molar-refractivity contribution in [3.05, 3.63) is 0 Å². The average molecular weight is 243 g/mol. The van der Waals surface area contributed by atoms with Crippen molar-refractivity contribution in [2.75, 3.05) is 47.3 Å². The van der Waals surface area contributed by atoms with Crippen LogP contribution >= 0.6 is 0 Å². The highest BCUT2D eigenvalue weighted by molar-refractivity contribution is 4.77. The third-order valence-corrected chi connectivity index (χ3v) is 3.51. The van der Waals surface area contributed by atoms with Gasteiger partial charge in [-0.2, -0.15) is 0 Å². The minimum absolute atomic E-state index is 0.361. The van der Waals surface area contributed by atoms with Crippen molar-refractivity contribution in [3.8, 4) is 0 Å². The summed E-state index contributed by atoms with van der Waals surface area (Å²) < 4.78 is 0. The summed E-state index contributed by atoms with van der Waals surface area (Å²) in [5.41, 5.74) is 0.361. The molecule has 0 aliphatic heterocycles. The fourth-order valence-electron chi connectivity index (χ4n) is 1.76. The van der Waals surface area contributed by atoms with Gasteiger partial charge in [0.1, 0.15) is 0 Å². The number of nitrogens with one attached hydrogen (secondary N) is 1. The molecular formula is C14H33N3. The Kier molecular flexibility index (Phi) is 8.01. The third-order valence-electron chi connectivity index (χ3n) is 3.51. The molecule has 0 rings (SSSR count). The first-order valence-electron chi connectivity index (χ1n) is 6.81. The molecule has 17 heavy (non-hydrogen) atoms. The van der Waals surface area contributed by atoms with Gasteiger partial charge in [0.25, 0.3) is 0 Å². The molecule has 0 bridgehead atoms. The van der Waals surface area contributed by atoms with E-state index in [1.165, 1.54) is 13.0 Å². The molecule has 1 atom stereocenters. The predicted octanol–water partition coefficient (Wildman–Crippen LogP) is 1.89. The van der Waals surface area contributed by atoms with Crippen molar-refractivity contribution in [1.82, 2.24) is 15.1 Å². The molecule has 3 nitrogen and oxygen atoms in total. The minimum atomic E-state index is 0.361. The standard InChI is InChI=1S/C14H33N3/c1-13(14(2,3)4)17(7)12-10-15-9-8-11-16(5)6/h13,15H,8-12H2,1-7H3. The largest absolute Gasteiger partial charge is 0.315 e. The first-order chi connectivity index (χ1) is 7.75. The first-order valence-corrected chi connectivity index (χ1v) is 6.81. The van der Waals surface area contributed by atoms with Crippen LogP contribution in [0.25, 0.3) is 0 Å². The topological polar surface area (TPSA) is 18.5 Å². The maximum atomic E-state index is 3.51. The molecule has 0 saturated carbocycles. The van der Waals surface area contributed by atoms with Crippen LogP contribution in [0.3, 0.4) is 0 Å². The van der Waals surface area contributed by atoms with Crippen LogP contribution in [-0.2, 0) is 0 Å². The lowest BCUT2D eigenvalue weighted by molar-refractivity contribution is 0.142. The van der Waals surface area contributed by atoms with Gasteiger partial charge in [0.15, 0.2) is 0 Å². The van der Waals surface area contributed by atoms with E-state index < -0.39 is 0 Å². The van der Waals surface area contributed by atoms with Gasteiger partial charge in [0.05, 0.1) is 0 Å². The molecule has 0 spiro atoms. The molecule has 0 aromatic heterocycles. The molecule has 0 aliphatic carbocycles. The summed E-state index contributed by atoms with van der Waals surface area (Å²) in [6.07, 6.45) is 1.23. The van der Waals surface area contributed by atoms with Gasteiger partial charge in [0, 0.05) is 19.1 Å². The molecule has 104 valence electrons. The predicted molar refractivity (Wildman–Crippen MR) is 77.6 cm³/mol. The molecule has 1 unspecified atom stereocenters. The molecule has 0 aromatic carbocycles. The van der Waals surface area contributed by atoms with E-state index in [1.54, 1.807) is 0 Å². The van der Waals surface area contributed by atoms with Crippen LogP contribution < -0.4 is 5.32 Å². The Bertz CT molecular complexity index is 184. The smallest absolute Gasteiger partial charge is 0.0113 e. The highest BCUT2D eigenvalue weighted by Gasteiger charge is 2.23. The van der Waals surface area contributed by atoms with Crippen LogP contribution in [0.4, 0.5) is 0 Å². The van der Waals surface area contributed by atoms with Gasteiger partial charge in [-0.15, -0.1) is 0 Å². The lowest BCUT2D eigenvalue weighted by Crippen LogP contribution is -2.42. The van der Waals surface area contributed by atoms with Crippen LogP contribution in [0.2, 0.25) is 0 Å². The van der Waals surface area contributed by atoms with Gasteiger partial charge >= 0.3 is 0 Å². The van der Waals surface area contributed by atoms with Crippen molar-refractivity contribution in [2.24, 2.45) is 5.41 Å². The van der Waals surface area contributed by atoms with Crippen LogP contribution in [-0.4, -0.2) is 63.2 Å². The number of hydrogen-bond acceptors (Lipinski definition) is 3. The van der Waals surface area contributed by atoms with Gasteiger partial charge in [0.2, 0.25) is 0 Å². The number of likely N-dealkylation sites (N-methyl/N-ethyl adjacent to an activating group) is 1. The first kappa shape index (κ1) is 16.9. The highest BCUT2D eigenvalue weighted by atomic mass is 15.1. The monoisotopic (exact) mass is 243 g/mol.